The number of amides is 1. The molecule has 86 valence electrons. The molecule has 0 bridgehead atoms. The molecular weight excluding hydrogens is 220 g/mol. The van der Waals surface area contributed by atoms with Crippen LogP contribution in [0.5, 0.6) is 0 Å². The van der Waals surface area contributed by atoms with Gasteiger partial charge >= 0.3 is 0 Å². The number of aryl methyl sites for hydroxylation is 2. The summed E-state index contributed by atoms with van der Waals surface area (Å²) >= 11 is 1.76. The van der Waals surface area contributed by atoms with Crippen LogP contribution in [0.3, 0.4) is 0 Å². The van der Waals surface area contributed by atoms with Gasteiger partial charge in [-0.05, 0) is 37.1 Å². The fraction of sp³-hybridized carbons (Fsp3) is 0.417. The molecule has 1 atom stereocenters. The van der Waals surface area contributed by atoms with Gasteiger partial charge in [-0.2, -0.15) is 0 Å². The van der Waals surface area contributed by atoms with E-state index in [1.54, 1.807) is 11.8 Å². The Morgan fingerprint density at radius 3 is 2.62 bits per heavy atom. The molecular formula is C12H16N2OS. The maximum Gasteiger partial charge on any atom is 0.242 e. The minimum Gasteiger partial charge on any atom is -0.325 e. The number of carbonyl (C=O) groups is 1. The van der Waals surface area contributed by atoms with E-state index in [1.165, 1.54) is 11.1 Å². The molecule has 2 rings (SSSR count). The zero-order chi connectivity index (χ0) is 11.5. The van der Waals surface area contributed by atoms with Gasteiger partial charge in [-0.25, -0.2) is 0 Å². The number of anilines is 1. The summed E-state index contributed by atoms with van der Waals surface area (Å²) < 4.78 is 0. The van der Waals surface area contributed by atoms with E-state index < -0.39 is 0 Å². The van der Waals surface area contributed by atoms with Gasteiger partial charge in [0.25, 0.3) is 0 Å². The van der Waals surface area contributed by atoms with Crippen LogP contribution < -0.4 is 10.6 Å². The Labute approximate surface area is 100.0 Å². The minimum atomic E-state index is -0.0502. The third-order valence-electron chi connectivity index (χ3n) is 2.52. The van der Waals surface area contributed by atoms with Crippen LogP contribution in [0.4, 0.5) is 5.69 Å². The quantitative estimate of drug-likeness (QED) is 0.824. The van der Waals surface area contributed by atoms with Crippen molar-refractivity contribution in [3.05, 3.63) is 29.3 Å². The van der Waals surface area contributed by atoms with Gasteiger partial charge in [0, 0.05) is 17.3 Å². The van der Waals surface area contributed by atoms with Crippen molar-refractivity contribution in [1.29, 1.82) is 0 Å². The maximum absolute atomic E-state index is 11.9. The van der Waals surface area contributed by atoms with E-state index in [0.29, 0.717) is 0 Å². The first-order chi connectivity index (χ1) is 7.65. The highest BCUT2D eigenvalue weighted by atomic mass is 32.2. The number of benzene rings is 1. The highest BCUT2D eigenvalue weighted by Crippen LogP contribution is 2.16. The van der Waals surface area contributed by atoms with E-state index in [9.17, 15) is 4.79 Å². The van der Waals surface area contributed by atoms with E-state index in [-0.39, 0.29) is 11.9 Å². The Kier molecular flexibility index (Phi) is 3.51. The minimum absolute atomic E-state index is 0.0502. The molecule has 0 aromatic heterocycles. The van der Waals surface area contributed by atoms with Crippen LogP contribution in [-0.2, 0) is 4.79 Å². The van der Waals surface area contributed by atoms with Gasteiger partial charge in [-0.3, -0.25) is 10.1 Å². The van der Waals surface area contributed by atoms with Crippen molar-refractivity contribution in [2.45, 2.75) is 19.9 Å². The lowest BCUT2D eigenvalue weighted by Crippen LogP contribution is -2.37. The van der Waals surface area contributed by atoms with Crippen LogP contribution in [0.2, 0.25) is 0 Å². The summed E-state index contributed by atoms with van der Waals surface area (Å²) in [6.45, 7) is 4.07. The molecule has 0 saturated carbocycles. The first-order valence-electron chi connectivity index (χ1n) is 5.35. The average Bonchev–Trinajstić information content (AvgIpc) is 2.68. The third-order valence-corrected chi connectivity index (χ3v) is 3.46. The first-order valence-corrected chi connectivity index (χ1v) is 6.51. The van der Waals surface area contributed by atoms with Crippen molar-refractivity contribution in [2.24, 2.45) is 0 Å². The largest absolute Gasteiger partial charge is 0.325 e. The highest BCUT2D eigenvalue weighted by Gasteiger charge is 2.22. The Morgan fingerprint density at radius 2 is 2.06 bits per heavy atom. The molecule has 0 radical (unpaired) electrons. The third kappa shape index (κ3) is 2.77. The molecule has 1 aromatic carbocycles. The summed E-state index contributed by atoms with van der Waals surface area (Å²) in [5, 5.41) is 6.11. The van der Waals surface area contributed by atoms with Crippen molar-refractivity contribution in [3.8, 4) is 0 Å². The number of rotatable bonds is 2. The monoisotopic (exact) mass is 236 g/mol. The molecule has 1 unspecified atom stereocenters. The molecule has 1 saturated heterocycles. The smallest absolute Gasteiger partial charge is 0.242 e. The van der Waals surface area contributed by atoms with E-state index >= 15 is 0 Å². The van der Waals surface area contributed by atoms with Crippen LogP contribution in [-0.4, -0.2) is 23.6 Å². The Bertz CT molecular complexity index is 380. The second kappa shape index (κ2) is 4.89. The summed E-state index contributed by atoms with van der Waals surface area (Å²) in [7, 11) is 0. The fourth-order valence-electron chi connectivity index (χ4n) is 1.84. The fourth-order valence-corrected chi connectivity index (χ4v) is 2.78. The van der Waals surface area contributed by atoms with E-state index in [1.807, 2.05) is 26.0 Å². The molecule has 0 spiro atoms. The molecule has 0 aliphatic carbocycles. The van der Waals surface area contributed by atoms with Crippen molar-refractivity contribution in [2.75, 3.05) is 16.9 Å². The van der Waals surface area contributed by atoms with E-state index in [0.717, 1.165) is 17.3 Å². The molecule has 4 heteroatoms. The first kappa shape index (κ1) is 11.5. The molecule has 16 heavy (non-hydrogen) atoms. The lowest BCUT2D eigenvalue weighted by molar-refractivity contribution is -0.117. The number of thioether (sulfide) groups is 1. The predicted octanol–water partition coefficient (Wildman–Crippen LogP) is 1.90. The SMILES string of the molecule is Cc1cc(C)cc(NC(=O)C2CSCN2)c1. The Hall–Kier alpha value is -1.00. The van der Waals surface area contributed by atoms with Gasteiger partial charge in [-0.1, -0.05) is 6.07 Å². The van der Waals surface area contributed by atoms with Crippen molar-refractivity contribution >= 4 is 23.4 Å². The zero-order valence-corrected chi connectivity index (χ0v) is 10.4. The van der Waals surface area contributed by atoms with Crippen molar-refractivity contribution in [1.82, 2.24) is 5.32 Å². The van der Waals surface area contributed by atoms with Crippen LogP contribution in [0.1, 0.15) is 11.1 Å². The molecule has 1 fully saturated rings. The molecule has 1 aliphatic heterocycles. The van der Waals surface area contributed by atoms with Crippen LogP contribution >= 0.6 is 11.8 Å². The molecule has 3 nitrogen and oxygen atoms in total. The number of carbonyl (C=O) groups excluding carboxylic acids is 1. The predicted molar refractivity (Wildman–Crippen MR) is 68.8 cm³/mol. The highest BCUT2D eigenvalue weighted by molar-refractivity contribution is 7.99. The molecule has 1 aliphatic rings. The van der Waals surface area contributed by atoms with Crippen LogP contribution in [0, 0.1) is 13.8 Å². The van der Waals surface area contributed by atoms with Gasteiger partial charge in [0.05, 0.1) is 6.04 Å². The van der Waals surface area contributed by atoms with Gasteiger partial charge in [-0.15, -0.1) is 11.8 Å². The molecule has 1 amide bonds. The summed E-state index contributed by atoms with van der Waals surface area (Å²) in [6, 6.07) is 6.03. The van der Waals surface area contributed by atoms with E-state index in [2.05, 4.69) is 16.7 Å². The maximum atomic E-state index is 11.9. The van der Waals surface area contributed by atoms with Crippen LogP contribution in [0.25, 0.3) is 0 Å². The molecule has 1 heterocycles. The normalized spacial score (nSPS) is 19.8. The Balaban J connectivity index is 2.05. The van der Waals surface area contributed by atoms with E-state index in [4.69, 9.17) is 0 Å². The number of hydrogen-bond acceptors (Lipinski definition) is 3. The van der Waals surface area contributed by atoms with Gasteiger partial charge < -0.3 is 5.32 Å². The van der Waals surface area contributed by atoms with Gasteiger partial charge in [0.2, 0.25) is 5.91 Å². The Morgan fingerprint density at radius 1 is 1.38 bits per heavy atom. The van der Waals surface area contributed by atoms with Crippen molar-refractivity contribution in [3.63, 3.8) is 0 Å². The molecule has 2 N–H and O–H groups in total. The number of hydrogen-bond donors (Lipinski definition) is 2. The topological polar surface area (TPSA) is 41.1 Å². The second-order valence-corrected chi connectivity index (χ2v) is 5.17. The zero-order valence-electron chi connectivity index (χ0n) is 9.54. The molecule has 1 aromatic rings. The second-order valence-electron chi connectivity index (χ2n) is 4.14. The van der Waals surface area contributed by atoms with Gasteiger partial charge in [0.1, 0.15) is 0 Å². The van der Waals surface area contributed by atoms with Crippen LogP contribution in [0.15, 0.2) is 18.2 Å². The average molecular weight is 236 g/mol. The summed E-state index contributed by atoms with van der Waals surface area (Å²) in [6.07, 6.45) is 0. The lowest BCUT2D eigenvalue weighted by Gasteiger charge is -2.11. The van der Waals surface area contributed by atoms with Gasteiger partial charge in [0.15, 0.2) is 0 Å². The summed E-state index contributed by atoms with van der Waals surface area (Å²) in [5.41, 5.74) is 3.23. The lowest BCUT2D eigenvalue weighted by atomic mass is 10.1. The summed E-state index contributed by atoms with van der Waals surface area (Å²) in [4.78, 5) is 11.9. The summed E-state index contributed by atoms with van der Waals surface area (Å²) in [5.74, 6) is 1.79. The standard InChI is InChI=1S/C12H16N2OS/c1-8-3-9(2)5-10(4-8)14-12(15)11-6-16-7-13-11/h3-5,11,13H,6-7H2,1-2H3,(H,14,15). The number of nitrogens with one attached hydrogen (secondary N) is 2. The van der Waals surface area contributed by atoms with Crippen molar-refractivity contribution < 1.29 is 4.79 Å².